The van der Waals surface area contributed by atoms with E-state index in [2.05, 4.69) is 5.32 Å². The summed E-state index contributed by atoms with van der Waals surface area (Å²) < 4.78 is 5.49. The van der Waals surface area contributed by atoms with E-state index in [0.717, 1.165) is 16.7 Å². The zero-order valence-electron chi connectivity index (χ0n) is 21.9. The maximum atomic E-state index is 14.2. The van der Waals surface area contributed by atoms with Crippen LogP contribution in [0.5, 0.6) is 0 Å². The quantitative estimate of drug-likeness (QED) is 0.161. The molecule has 0 saturated heterocycles. The Labute approximate surface area is 227 Å². The molecule has 0 unspecified atom stereocenters. The Hall–Kier alpha value is -4.46. The molecule has 198 valence electrons. The number of amides is 2. The molecule has 7 nitrogen and oxygen atoms in total. The van der Waals surface area contributed by atoms with Crippen LogP contribution in [-0.2, 0) is 43.8 Å². The van der Waals surface area contributed by atoms with E-state index in [1.807, 2.05) is 117 Å². The van der Waals surface area contributed by atoms with Crippen molar-refractivity contribution in [3.63, 3.8) is 0 Å². The molecule has 0 saturated carbocycles. The maximum Gasteiger partial charge on any atom is 0.410 e. The molecule has 0 spiro atoms. The van der Waals surface area contributed by atoms with Crippen molar-refractivity contribution in [3.05, 3.63) is 138 Å². The Kier molecular flexibility index (Phi) is 7.45. The van der Waals surface area contributed by atoms with Crippen molar-refractivity contribution in [2.45, 2.75) is 38.3 Å². The van der Waals surface area contributed by atoms with Gasteiger partial charge in [-0.05, 0) is 36.6 Å². The first-order chi connectivity index (χ1) is 18.9. The maximum absolute atomic E-state index is 14.2. The van der Waals surface area contributed by atoms with Gasteiger partial charge >= 0.3 is 6.09 Å². The van der Waals surface area contributed by atoms with E-state index in [0.29, 0.717) is 11.3 Å². The van der Waals surface area contributed by atoms with Crippen LogP contribution in [0.25, 0.3) is 0 Å². The van der Waals surface area contributed by atoms with Crippen LogP contribution >= 0.6 is 0 Å². The number of carbonyl (C=O) groups excluding carboxylic acids is 2. The number of alkyl carbamates (subject to hydrolysis) is 1. The molecular formula is C32H30N2O5. The van der Waals surface area contributed by atoms with Crippen molar-refractivity contribution in [1.82, 2.24) is 5.32 Å². The fourth-order valence-electron chi connectivity index (χ4n) is 4.52. The van der Waals surface area contributed by atoms with Crippen molar-refractivity contribution >= 4 is 17.7 Å². The highest BCUT2D eigenvalue weighted by Crippen LogP contribution is 2.43. The minimum absolute atomic E-state index is 0.0304. The second-order valence-corrected chi connectivity index (χ2v) is 9.80. The number of hydrogen-bond acceptors (Lipinski definition) is 5. The molecule has 1 aliphatic heterocycles. The highest BCUT2D eigenvalue weighted by atomic mass is 17.2. The van der Waals surface area contributed by atoms with Gasteiger partial charge < -0.3 is 9.64 Å². The summed E-state index contributed by atoms with van der Waals surface area (Å²) in [6.07, 6.45) is -0.815. The SMILES string of the molecule is CC(C)(OO[C@@]1(NC(=O)OCc2ccccc2)C(=O)N(Cc2ccccc2)c2ccccc21)c1ccccc1. The van der Waals surface area contributed by atoms with Crippen molar-refractivity contribution in [2.75, 3.05) is 4.90 Å². The summed E-state index contributed by atoms with van der Waals surface area (Å²) in [5.74, 6) is -0.493. The molecule has 1 aliphatic rings. The topological polar surface area (TPSA) is 77.1 Å². The second-order valence-electron chi connectivity index (χ2n) is 9.80. The van der Waals surface area contributed by atoms with Crippen molar-refractivity contribution in [1.29, 1.82) is 0 Å². The van der Waals surface area contributed by atoms with Gasteiger partial charge in [-0.15, -0.1) is 0 Å². The Morgan fingerprint density at radius 3 is 2.03 bits per heavy atom. The van der Waals surface area contributed by atoms with Crippen LogP contribution < -0.4 is 10.2 Å². The summed E-state index contributed by atoms with van der Waals surface area (Å²) in [7, 11) is 0. The fraction of sp³-hybridized carbons (Fsp3) is 0.188. The summed E-state index contributed by atoms with van der Waals surface area (Å²) in [5.41, 5.74) is 0.729. The molecule has 0 aromatic heterocycles. The predicted octanol–water partition coefficient (Wildman–Crippen LogP) is 6.20. The first-order valence-electron chi connectivity index (χ1n) is 12.8. The van der Waals surface area contributed by atoms with Gasteiger partial charge in [0.15, 0.2) is 0 Å². The number of ether oxygens (including phenoxy) is 1. The molecule has 0 radical (unpaired) electrons. The Morgan fingerprint density at radius 2 is 1.36 bits per heavy atom. The Balaban J connectivity index is 1.48. The van der Waals surface area contributed by atoms with E-state index in [1.165, 1.54) is 0 Å². The van der Waals surface area contributed by atoms with Gasteiger partial charge in [-0.1, -0.05) is 109 Å². The zero-order valence-corrected chi connectivity index (χ0v) is 21.9. The number of nitrogens with zero attached hydrogens (tertiary/aromatic N) is 1. The van der Waals surface area contributed by atoms with E-state index >= 15 is 0 Å². The van der Waals surface area contributed by atoms with Gasteiger partial charge in [-0.25, -0.2) is 9.68 Å². The number of carbonyl (C=O) groups is 2. The number of benzene rings is 4. The molecule has 1 N–H and O–H groups in total. The minimum atomic E-state index is -1.97. The van der Waals surface area contributed by atoms with Crippen LogP contribution in [0, 0.1) is 0 Å². The third kappa shape index (κ3) is 5.55. The lowest BCUT2D eigenvalue weighted by Crippen LogP contribution is -2.55. The van der Waals surface area contributed by atoms with Crippen molar-refractivity contribution < 1.29 is 24.1 Å². The zero-order chi connectivity index (χ0) is 27.3. The molecule has 4 aromatic carbocycles. The largest absolute Gasteiger partial charge is 0.445 e. The Morgan fingerprint density at radius 1 is 0.795 bits per heavy atom. The van der Waals surface area contributed by atoms with E-state index in [-0.39, 0.29) is 13.2 Å². The van der Waals surface area contributed by atoms with Crippen LogP contribution in [0.1, 0.15) is 36.1 Å². The van der Waals surface area contributed by atoms with Gasteiger partial charge in [0, 0.05) is 5.56 Å². The fourth-order valence-corrected chi connectivity index (χ4v) is 4.52. The molecule has 1 heterocycles. The molecule has 0 aliphatic carbocycles. The van der Waals surface area contributed by atoms with Crippen molar-refractivity contribution in [2.24, 2.45) is 0 Å². The van der Waals surface area contributed by atoms with Gasteiger partial charge in [0.1, 0.15) is 12.2 Å². The molecule has 39 heavy (non-hydrogen) atoms. The average molecular weight is 523 g/mol. The average Bonchev–Trinajstić information content (AvgIpc) is 3.19. The molecule has 0 fully saturated rings. The van der Waals surface area contributed by atoms with Crippen LogP contribution in [-0.4, -0.2) is 12.0 Å². The lowest BCUT2D eigenvalue weighted by atomic mass is 9.99. The number of nitrogens with one attached hydrogen (secondary N) is 1. The monoisotopic (exact) mass is 522 g/mol. The first-order valence-corrected chi connectivity index (χ1v) is 12.8. The third-order valence-electron chi connectivity index (χ3n) is 6.64. The molecular weight excluding hydrogens is 492 g/mol. The van der Waals surface area contributed by atoms with Crippen LogP contribution in [0.4, 0.5) is 10.5 Å². The Bertz CT molecular complexity index is 1430. The smallest absolute Gasteiger partial charge is 0.410 e. The molecule has 4 aromatic rings. The van der Waals surface area contributed by atoms with Crippen LogP contribution in [0.3, 0.4) is 0 Å². The summed E-state index contributed by atoms with van der Waals surface area (Å²) in [6, 6.07) is 35.6. The first kappa shape index (κ1) is 26.2. The summed E-state index contributed by atoms with van der Waals surface area (Å²) in [4.78, 5) is 41.0. The van der Waals surface area contributed by atoms with Crippen molar-refractivity contribution in [3.8, 4) is 0 Å². The predicted molar refractivity (Wildman–Crippen MR) is 147 cm³/mol. The van der Waals surface area contributed by atoms with E-state index in [4.69, 9.17) is 14.5 Å². The summed E-state index contributed by atoms with van der Waals surface area (Å²) in [6.45, 7) is 3.97. The van der Waals surface area contributed by atoms with Gasteiger partial charge in [0.25, 0.3) is 11.6 Å². The molecule has 2 amide bonds. The molecule has 0 bridgehead atoms. The van der Waals surface area contributed by atoms with Gasteiger partial charge in [0.2, 0.25) is 0 Å². The number of hydrogen-bond donors (Lipinski definition) is 1. The van der Waals surface area contributed by atoms with E-state index in [1.54, 1.807) is 17.0 Å². The van der Waals surface area contributed by atoms with Gasteiger partial charge in [-0.3, -0.25) is 10.1 Å². The summed E-state index contributed by atoms with van der Waals surface area (Å²) >= 11 is 0. The normalized spacial score (nSPS) is 16.6. The third-order valence-corrected chi connectivity index (χ3v) is 6.64. The standard InChI is InChI=1S/C32H30N2O5/c1-31(2,26-18-10-5-11-19-26)38-39-32(33-30(36)37-23-25-16-8-4-9-17-25)27-20-12-13-21-28(27)34(29(32)35)22-24-14-6-3-7-15-24/h3-21H,22-23H2,1-2H3,(H,33,36)/t32-/m1/s1. The van der Waals surface area contributed by atoms with Crippen LogP contribution in [0.15, 0.2) is 115 Å². The molecule has 1 atom stereocenters. The lowest BCUT2D eigenvalue weighted by Gasteiger charge is -2.32. The molecule has 7 heteroatoms. The number of fused-ring (bicyclic) bond motifs is 1. The lowest BCUT2D eigenvalue weighted by molar-refractivity contribution is -0.409. The van der Waals surface area contributed by atoms with Gasteiger partial charge in [0.05, 0.1) is 12.2 Å². The van der Waals surface area contributed by atoms with E-state index in [9.17, 15) is 9.59 Å². The number of rotatable bonds is 9. The molecule has 5 rings (SSSR count). The minimum Gasteiger partial charge on any atom is -0.445 e. The highest BCUT2D eigenvalue weighted by Gasteiger charge is 2.56. The van der Waals surface area contributed by atoms with E-state index < -0.39 is 23.3 Å². The summed E-state index contributed by atoms with van der Waals surface area (Å²) in [5, 5.41) is 2.71. The van der Waals surface area contributed by atoms with Gasteiger partial charge in [-0.2, -0.15) is 4.89 Å². The second kappa shape index (κ2) is 11.1. The number of anilines is 1. The van der Waals surface area contributed by atoms with Crippen LogP contribution in [0.2, 0.25) is 0 Å². The highest BCUT2D eigenvalue weighted by molar-refractivity contribution is 6.08. The number of para-hydroxylation sites is 1.